The number of amides is 1. The molecule has 0 radical (unpaired) electrons. The Morgan fingerprint density at radius 2 is 2.14 bits per heavy atom. The van der Waals surface area contributed by atoms with Crippen molar-refractivity contribution < 1.29 is 4.79 Å². The van der Waals surface area contributed by atoms with E-state index in [2.05, 4.69) is 20.5 Å². The molecule has 3 aromatic rings. The number of anilines is 1. The smallest absolute Gasteiger partial charge is 0.270 e. The number of hydrogen-bond acceptors (Lipinski definition) is 4. The molecule has 7 heteroatoms. The second kappa shape index (κ2) is 4.86. The number of aromatic amines is 1. The summed E-state index contributed by atoms with van der Waals surface area (Å²) in [6, 6.07) is 5.18. The molecule has 0 saturated carbocycles. The predicted octanol–water partition coefficient (Wildman–Crippen LogP) is 1.29. The lowest BCUT2D eigenvalue weighted by atomic mass is 10.2. The maximum Gasteiger partial charge on any atom is 0.270 e. The SMILES string of the molecule is Cc1[nH]nc(NC(=O)c2cnc3ccccn3c2=O)c1C. The van der Waals surface area contributed by atoms with Gasteiger partial charge in [-0.3, -0.25) is 19.1 Å². The summed E-state index contributed by atoms with van der Waals surface area (Å²) in [7, 11) is 0. The molecule has 1 amide bonds. The highest BCUT2D eigenvalue weighted by atomic mass is 16.2. The van der Waals surface area contributed by atoms with Crippen LogP contribution in [0.1, 0.15) is 21.6 Å². The number of H-pyrrole nitrogens is 1. The highest BCUT2D eigenvalue weighted by Gasteiger charge is 2.16. The Morgan fingerprint density at radius 3 is 2.86 bits per heavy atom. The standard InChI is InChI=1S/C14H13N5O2/c1-8-9(2)17-18-12(8)16-13(20)10-7-15-11-5-3-4-6-19(11)14(10)21/h3-7H,1-2H3,(H2,16,17,18,20). The molecule has 0 aliphatic heterocycles. The van der Waals surface area contributed by atoms with Gasteiger partial charge in [0.15, 0.2) is 5.82 Å². The Bertz CT molecular complexity index is 894. The van der Waals surface area contributed by atoms with Crippen molar-refractivity contribution >= 4 is 17.4 Å². The number of nitrogens with one attached hydrogen (secondary N) is 2. The average Bonchev–Trinajstić information content (AvgIpc) is 2.80. The molecule has 0 atom stereocenters. The molecular formula is C14H13N5O2. The normalized spacial score (nSPS) is 10.8. The number of nitrogens with zero attached hydrogens (tertiary/aromatic N) is 3. The Morgan fingerprint density at radius 1 is 1.33 bits per heavy atom. The van der Waals surface area contributed by atoms with Gasteiger partial charge in [0.05, 0.1) is 0 Å². The Balaban J connectivity index is 2.00. The van der Waals surface area contributed by atoms with Crippen molar-refractivity contribution in [2.75, 3.05) is 5.32 Å². The summed E-state index contributed by atoms with van der Waals surface area (Å²) in [6.07, 6.45) is 2.85. The van der Waals surface area contributed by atoms with Gasteiger partial charge in [-0.1, -0.05) is 6.07 Å². The van der Waals surface area contributed by atoms with Crippen LogP contribution >= 0.6 is 0 Å². The van der Waals surface area contributed by atoms with Gasteiger partial charge < -0.3 is 5.32 Å². The number of carbonyl (C=O) groups excluding carboxylic acids is 1. The maximum absolute atomic E-state index is 12.3. The molecule has 0 saturated heterocycles. The largest absolute Gasteiger partial charge is 0.305 e. The average molecular weight is 283 g/mol. The van der Waals surface area contributed by atoms with Crippen LogP contribution in [-0.2, 0) is 0 Å². The van der Waals surface area contributed by atoms with Gasteiger partial charge in [-0.25, -0.2) is 4.98 Å². The van der Waals surface area contributed by atoms with Gasteiger partial charge in [-0.05, 0) is 26.0 Å². The second-order valence-electron chi connectivity index (χ2n) is 4.68. The first kappa shape index (κ1) is 13.0. The van der Waals surface area contributed by atoms with Crippen LogP contribution in [-0.4, -0.2) is 25.5 Å². The molecule has 7 nitrogen and oxygen atoms in total. The Hall–Kier alpha value is -2.96. The lowest BCUT2D eigenvalue weighted by Crippen LogP contribution is -2.26. The van der Waals surface area contributed by atoms with E-state index in [1.807, 2.05) is 13.8 Å². The molecule has 0 spiro atoms. The molecular weight excluding hydrogens is 270 g/mol. The quantitative estimate of drug-likeness (QED) is 0.741. The summed E-state index contributed by atoms with van der Waals surface area (Å²) in [5.41, 5.74) is 1.74. The first-order valence-electron chi connectivity index (χ1n) is 6.37. The van der Waals surface area contributed by atoms with Crippen molar-refractivity contribution in [3.63, 3.8) is 0 Å². The molecule has 21 heavy (non-hydrogen) atoms. The van der Waals surface area contributed by atoms with Gasteiger partial charge in [0.1, 0.15) is 11.2 Å². The number of rotatable bonds is 2. The van der Waals surface area contributed by atoms with E-state index >= 15 is 0 Å². The van der Waals surface area contributed by atoms with E-state index in [4.69, 9.17) is 0 Å². The summed E-state index contributed by atoms with van der Waals surface area (Å²) in [6.45, 7) is 3.68. The number of hydrogen-bond donors (Lipinski definition) is 2. The first-order chi connectivity index (χ1) is 10.1. The van der Waals surface area contributed by atoms with Crippen LogP contribution in [0.25, 0.3) is 5.65 Å². The van der Waals surface area contributed by atoms with Crippen molar-refractivity contribution in [2.24, 2.45) is 0 Å². The van der Waals surface area contributed by atoms with Gasteiger partial charge in [-0.2, -0.15) is 5.10 Å². The Labute approximate surface area is 119 Å². The third-order valence-electron chi connectivity index (χ3n) is 3.34. The molecule has 3 aromatic heterocycles. The van der Waals surface area contributed by atoms with E-state index in [9.17, 15) is 9.59 Å². The zero-order valence-electron chi connectivity index (χ0n) is 11.5. The van der Waals surface area contributed by atoms with E-state index < -0.39 is 11.5 Å². The first-order valence-corrected chi connectivity index (χ1v) is 6.37. The van der Waals surface area contributed by atoms with Crippen molar-refractivity contribution in [1.29, 1.82) is 0 Å². The molecule has 0 aliphatic carbocycles. The van der Waals surface area contributed by atoms with Crippen LogP contribution in [0.2, 0.25) is 0 Å². The number of carbonyl (C=O) groups is 1. The van der Waals surface area contributed by atoms with Crippen LogP contribution in [0.4, 0.5) is 5.82 Å². The van der Waals surface area contributed by atoms with E-state index in [1.54, 1.807) is 24.4 Å². The van der Waals surface area contributed by atoms with Crippen LogP contribution < -0.4 is 10.9 Å². The van der Waals surface area contributed by atoms with Crippen molar-refractivity contribution in [3.05, 3.63) is 57.8 Å². The minimum Gasteiger partial charge on any atom is -0.305 e. The van der Waals surface area contributed by atoms with Gasteiger partial charge in [0.2, 0.25) is 0 Å². The van der Waals surface area contributed by atoms with E-state index in [0.717, 1.165) is 11.3 Å². The lowest BCUT2D eigenvalue weighted by molar-refractivity contribution is 0.102. The zero-order valence-corrected chi connectivity index (χ0v) is 11.5. The summed E-state index contributed by atoms with van der Waals surface area (Å²) >= 11 is 0. The van der Waals surface area contributed by atoms with Crippen LogP contribution in [0.15, 0.2) is 35.4 Å². The fourth-order valence-corrected chi connectivity index (χ4v) is 1.96. The van der Waals surface area contributed by atoms with Crippen LogP contribution in [0.5, 0.6) is 0 Å². The minimum absolute atomic E-state index is 0.0289. The minimum atomic E-state index is -0.527. The molecule has 3 rings (SSSR count). The van der Waals surface area contributed by atoms with Gasteiger partial charge in [-0.15, -0.1) is 0 Å². The monoisotopic (exact) mass is 283 g/mol. The third-order valence-corrected chi connectivity index (χ3v) is 3.34. The summed E-state index contributed by atoms with van der Waals surface area (Å²) in [5.74, 6) is -0.115. The highest BCUT2D eigenvalue weighted by molar-refractivity contribution is 6.03. The molecule has 0 fully saturated rings. The van der Waals surface area contributed by atoms with Gasteiger partial charge in [0, 0.05) is 23.7 Å². The molecule has 0 unspecified atom stereocenters. The molecule has 0 aromatic carbocycles. The Kier molecular flexibility index (Phi) is 3.02. The van der Waals surface area contributed by atoms with Crippen molar-refractivity contribution in [1.82, 2.24) is 19.6 Å². The maximum atomic E-state index is 12.3. The van der Waals surface area contributed by atoms with Crippen LogP contribution in [0, 0.1) is 13.8 Å². The van der Waals surface area contributed by atoms with Gasteiger partial charge in [0.25, 0.3) is 11.5 Å². The van der Waals surface area contributed by atoms with Crippen LogP contribution in [0.3, 0.4) is 0 Å². The fourth-order valence-electron chi connectivity index (χ4n) is 1.96. The molecule has 3 heterocycles. The highest BCUT2D eigenvalue weighted by Crippen LogP contribution is 2.14. The van der Waals surface area contributed by atoms with E-state index in [-0.39, 0.29) is 5.56 Å². The predicted molar refractivity (Wildman–Crippen MR) is 77.5 cm³/mol. The fraction of sp³-hybridized carbons (Fsp3) is 0.143. The second-order valence-corrected chi connectivity index (χ2v) is 4.68. The zero-order chi connectivity index (χ0) is 15.0. The summed E-state index contributed by atoms with van der Waals surface area (Å²) in [4.78, 5) is 28.6. The number of aryl methyl sites for hydroxylation is 1. The lowest BCUT2D eigenvalue weighted by Gasteiger charge is -2.04. The summed E-state index contributed by atoms with van der Waals surface area (Å²) in [5, 5.41) is 9.38. The third kappa shape index (κ3) is 2.18. The number of pyridine rings is 1. The summed E-state index contributed by atoms with van der Waals surface area (Å²) < 4.78 is 1.33. The molecule has 2 N–H and O–H groups in total. The van der Waals surface area contributed by atoms with E-state index in [1.165, 1.54) is 10.6 Å². The van der Waals surface area contributed by atoms with Crippen molar-refractivity contribution in [3.8, 4) is 0 Å². The number of fused-ring (bicyclic) bond motifs is 1. The van der Waals surface area contributed by atoms with E-state index in [0.29, 0.717) is 11.5 Å². The number of aromatic nitrogens is 4. The molecule has 106 valence electrons. The van der Waals surface area contributed by atoms with Crippen molar-refractivity contribution in [2.45, 2.75) is 13.8 Å². The van der Waals surface area contributed by atoms with Gasteiger partial charge >= 0.3 is 0 Å². The topological polar surface area (TPSA) is 92.2 Å². The molecule has 0 aliphatic rings. The molecule has 0 bridgehead atoms.